The zero-order chi connectivity index (χ0) is 21.5. The highest BCUT2D eigenvalue weighted by atomic mass is 32.2. The van der Waals surface area contributed by atoms with Crippen molar-refractivity contribution in [3.8, 4) is 5.69 Å². The summed E-state index contributed by atoms with van der Waals surface area (Å²) in [5.41, 5.74) is 1.16. The Bertz CT molecular complexity index is 959. The molecule has 0 radical (unpaired) electrons. The molecule has 158 valence electrons. The topological polar surface area (TPSA) is 90.7 Å². The van der Waals surface area contributed by atoms with Gasteiger partial charge in [0, 0.05) is 12.2 Å². The number of hydrogen-bond donors (Lipinski definition) is 0. The zero-order valence-corrected chi connectivity index (χ0v) is 18.2. The molecule has 1 fully saturated rings. The first-order valence-corrected chi connectivity index (χ1v) is 11.3. The van der Waals surface area contributed by atoms with Crippen LogP contribution in [0.3, 0.4) is 0 Å². The molecule has 1 aromatic carbocycles. The molecular formula is C20H21N3O5S2. The number of amides is 1. The highest BCUT2D eigenvalue weighted by molar-refractivity contribution is 8.04. The van der Waals surface area contributed by atoms with E-state index in [1.165, 1.54) is 47.8 Å². The van der Waals surface area contributed by atoms with E-state index in [-0.39, 0.29) is 18.3 Å². The molecule has 2 heterocycles. The van der Waals surface area contributed by atoms with Gasteiger partial charge in [-0.1, -0.05) is 41.7 Å². The number of methoxy groups -OCH3 is 1. The summed E-state index contributed by atoms with van der Waals surface area (Å²) in [6.07, 6.45) is 5.12. The number of benzene rings is 1. The average molecular weight is 448 g/mol. The molecule has 0 saturated carbocycles. The first kappa shape index (κ1) is 22.0. The fraction of sp³-hybridized carbons (Fsp3) is 0.300. The first-order valence-electron chi connectivity index (χ1n) is 9.12. The van der Waals surface area contributed by atoms with Crippen molar-refractivity contribution in [2.45, 2.75) is 11.6 Å². The number of nitrogens with zero attached hydrogens (tertiary/aromatic N) is 3. The predicted octanol–water partition coefficient (Wildman–Crippen LogP) is 2.73. The quantitative estimate of drug-likeness (QED) is 0.264. The monoisotopic (exact) mass is 447 g/mol. The Balaban J connectivity index is 1.61. The van der Waals surface area contributed by atoms with Gasteiger partial charge in [0.1, 0.15) is 0 Å². The lowest BCUT2D eigenvalue weighted by molar-refractivity contribution is -0.134. The van der Waals surface area contributed by atoms with Crippen molar-refractivity contribution in [3.63, 3.8) is 0 Å². The molecule has 8 nitrogen and oxygen atoms in total. The van der Waals surface area contributed by atoms with E-state index < -0.39 is 11.9 Å². The molecule has 1 aliphatic heterocycles. The van der Waals surface area contributed by atoms with E-state index in [0.29, 0.717) is 28.8 Å². The summed E-state index contributed by atoms with van der Waals surface area (Å²) in [5.74, 6) is -0.814. The summed E-state index contributed by atoms with van der Waals surface area (Å²) >= 11 is 2.72. The number of ether oxygens (including phenoxy) is 2. The number of carbonyl (C=O) groups excluding carboxylic acids is 3. The number of esters is 2. The van der Waals surface area contributed by atoms with Gasteiger partial charge in [0.05, 0.1) is 36.8 Å². The molecule has 0 unspecified atom stereocenters. The Morgan fingerprint density at radius 3 is 2.77 bits per heavy atom. The van der Waals surface area contributed by atoms with Crippen molar-refractivity contribution in [3.05, 3.63) is 53.3 Å². The fourth-order valence-corrected chi connectivity index (χ4v) is 4.34. The molecule has 0 atom stereocenters. The van der Waals surface area contributed by atoms with Gasteiger partial charge in [-0.05, 0) is 24.8 Å². The minimum atomic E-state index is -0.512. The molecule has 1 aliphatic rings. The molecule has 1 aromatic heterocycles. The van der Waals surface area contributed by atoms with E-state index >= 15 is 0 Å². The number of carbonyl (C=O) groups is 3. The minimum Gasteiger partial charge on any atom is -0.466 e. The number of thioether (sulfide) groups is 2. The Labute approximate surface area is 182 Å². The van der Waals surface area contributed by atoms with E-state index in [2.05, 4.69) is 9.72 Å². The van der Waals surface area contributed by atoms with E-state index in [1.807, 2.05) is 36.6 Å². The van der Waals surface area contributed by atoms with Crippen LogP contribution >= 0.6 is 23.5 Å². The molecule has 0 N–H and O–H groups in total. The number of hydrogen-bond acceptors (Lipinski definition) is 8. The van der Waals surface area contributed by atoms with Crippen molar-refractivity contribution in [2.24, 2.45) is 0 Å². The molecule has 0 aliphatic carbocycles. The number of para-hydroxylation sites is 1. The number of rotatable bonds is 8. The van der Waals surface area contributed by atoms with E-state index in [9.17, 15) is 14.4 Å². The third kappa shape index (κ3) is 5.06. The van der Waals surface area contributed by atoms with Crippen LogP contribution in [0, 0.1) is 0 Å². The average Bonchev–Trinajstić information content (AvgIpc) is 3.35. The normalized spacial score (nSPS) is 14.9. The minimum absolute atomic E-state index is 0.0896. The van der Waals surface area contributed by atoms with Crippen LogP contribution in [0.4, 0.5) is 0 Å². The molecule has 0 bridgehead atoms. The maximum absolute atomic E-state index is 12.6. The van der Waals surface area contributed by atoms with Gasteiger partial charge in [0.2, 0.25) is 5.91 Å². The van der Waals surface area contributed by atoms with Gasteiger partial charge in [-0.15, -0.1) is 0 Å². The van der Waals surface area contributed by atoms with Crippen molar-refractivity contribution >= 4 is 41.4 Å². The smallest absolute Gasteiger partial charge is 0.357 e. The summed E-state index contributed by atoms with van der Waals surface area (Å²) in [7, 11) is 1.28. The highest BCUT2D eigenvalue weighted by Crippen LogP contribution is 2.29. The third-order valence-electron chi connectivity index (χ3n) is 4.25. The Morgan fingerprint density at radius 1 is 1.30 bits per heavy atom. The highest BCUT2D eigenvalue weighted by Gasteiger charge is 2.27. The molecule has 1 saturated heterocycles. The lowest BCUT2D eigenvalue weighted by Crippen LogP contribution is -2.27. The van der Waals surface area contributed by atoms with Crippen LogP contribution in [0.5, 0.6) is 0 Å². The molecule has 3 rings (SSSR count). The second-order valence-corrected chi connectivity index (χ2v) is 7.90. The Kier molecular flexibility index (Phi) is 7.58. The van der Waals surface area contributed by atoms with Crippen LogP contribution in [0.1, 0.15) is 16.9 Å². The van der Waals surface area contributed by atoms with Gasteiger partial charge in [-0.25, -0.2) is 14.6 Å². The van der Waals surface area contributed by atoms with Gasteiger partial charge in [-0.3, -0.25) is 9.36 Å². The second kappa shape index (κ2) is 10.4. The molecular weight excluding hydrogens is 426 g/mol. The second-order valence-electron chi connectivity index (χ2n) is 6.13. The van der Waals surface area contributed by atoms with E-state index in [0.717, 1.165) is 5.69 Å². The lowest BCUT2D eigenvalue weighted by Gasteiger charge is -2.16. The summed E-state index contributed by atoms with van der Waals surface area (Å²) in [4.78, 5) is 41.9. The Hall–Kier alpha value is -2.72. The number of imidazole rings is 1. The third-order valence-corrected chi connectivity index (χ3v) is 5.93. The standard InChI is InChI=1S/C20H21N3O5S2/c1-27-18(25)11-17-22(16(24)13-30-17)9-6-10-28-19(26)15-12-21-20(29-2)23(15)14-7-4-3-5-8-14/h3-5,7-8,11-12H,6,9-10,13H2,1-2H3/b17-11+. The van der Waals surface area contributed by atoms with E-state index in [4.69, 9.17) is 4.74 Å². The van der Waals surface area contributed by atoms with Crippen molar-refractivity contribution in [1.82, 2.24) is 14.5 Å². The van der Waals surface area contributed by atoms with Gasteiger partial charge in [0.25, 0.3) is 0 Å². The van der Waals surface area contributed by atoms with Crippen molar-refractivity contribution in [1.29, 1.82) is 0 Å². The van der Waals surface area contributed by atoms with Crippen LogP contribution in [-0.2, 0) is 19.1 Å². The molecule has 2 aromatic rings. The van der Waals surface area contributed by atoms with Gasteiger partial charge in [-0.2, -0.15) is 0 Å². The zero-order valence-electron chi connectivity index (χ0n) is 16.6. The SMILES string of the molecule is COC(=O)/C=C1/SCC(=O)N1CCCOC(=O)c1cnc(SC)n1-c1ccccc1. The first-order chi connectivity index (χ1) is 14.5. The molecule has 0 spiro atoms. The summed E-state index contributed by atoms with van der Waals surface area (Å²) in [5, 5.41) is 1.23. The van der Waals surface area contributed by atoms with Crippen molar-refractivity contribution in [2.75, 3.05) is 32.3 Å². The van der Waals surface area contributed by atoms with Crippen LogP contribution in [0.25, 0.3) is 5.69 Å². The van der Waals surface area contributed by atoms with Crippen LogP contribution < -0.4 is 0 Å². The summed E-state index contributed by atoms with van der Waals surface area (Å²) in [6, 6.07) is 9.46. The molecule has 30 heavy (non-hydrogen) atoms. The largest absolute Gasteiger partial charge is 0.466 e. The van der Waals surface area contributed by atoms with Gasteiger partial charge < -0.3 is 14.4 Å². The van der Waals surface area contributed by atoms with Crippen LogP contribution in [-0.4, -0.2) is 64.6 Å². The maximum Gasteiger partial charge on any atom is 0.357 e. The summed E-state index contributed by atoms with van der Waals surface area (Å²) in [6.45, 7) is 0.476. The van der Waals surface area contributed by atoms with Crippen molar-refractivity contribution < 1.29 is 23.9 Å². The summed E-state index contributed by atoms with van der Waals surface area (Å²) < 4.78 is 11.8. The van der Waals surface area contributed by atoms with Crippen LogP contribution in [0.2, 0.25) is 0 Å². The molecule has 1 amide bonds. The lowest BCUT2D eigenvalue weighted by atomic mass is 10.3. The van der Waals surface area contributed by atoms with Gasteiger partial charge in [0.15, 0.2) is 10.9 Å². The number of aromatic nitrogens is 2. The van der Waals surface area contributed by atoms with E-state index in [1.54, 1.807) is 4.57 Å². The Morgan fingerprint density at radius 2 is 2.07 bits per heavy atom. The predicted molar refractivity (Wildman–Crippen MR) is 115 cm³/mol. The molecule has 10 heteroatoms. The van der Waals surface area contributed by atoms with Gasteiger partial charge >= 0.3 is 11.9 Å². The maximum atomic E-state index is 12.6. The fourth-order valence-electron chi connectivity index (χ4n) is 2.84. The van der Waals surface area contributed by atoms with Crippen LogP contribution in [0.15, 0.2) is 52.8 Å².